The van der Waals surface area contributed by atoms with Crippen LogP contribution in [0, 0.1) is 0 Å². The number of hydrogen-bond acceptors (Lipinski definition) is 2. The third kappa shape index (κ3) is 5.53. The molecule has 0 aliphatic rings. The summed E-state index contributed by atoms with van der Waals surface area (Å²) >= 11 is 0. The number of rotatable bonds is 8. The lowest BCUT2D eigenvalue weighted by Gasteiger charge is -2.37. The van der Waals surface area contributed by atoms with E-state index in [1.165, 1.54) is 19.3 Å². The second kappa shape index (κ2) is 7.24. The number of likely N-dealkylation sites (N-methyl/N-ethyl adjacent to an activating group) is 1. The van der Waals surface area contributed by atoms with Gasteiger partial charge in [-0.1, -0.05) is 20.8 Å². The molecule has 0 rings (SSSR count). The standard InChI is InChI=1S/C13H30N2/c1-7-10-14-12(8-2)11-15(6)13(4,5)9-3/h12,14H,7-11H2,1-6H3. The molecular formula is C13H30N2. The number of nitrogens with zero attached hydrogens (tertiary/aromatic N) is 1. The highest BCUT2D eigenvalue weighted by atomic mass is 15.2. The monoisotopic (exact) mass is 214 g/mol. The van der Waals surface area contributed by atoms with Crippen molar-refractivity contribution in [2.24, 2.45) is 0 Å². The first-order valence-electron chi connectivity index (χ1n) is 6.42. The van der Waals surface area contributed by atoms with Gasteiger partial charge in [0.1, 0.15) is 0 Å². The maximum absolute atomic E-state index is 3.60. The summed E-state index contributed by atoms with van der Waals surface area (Å²) in [5.74, 6) is 0. The Morgan fingerprint density at radius 3 is 2.20 bits per heavy atom. The fourth-order valence-electron chi connectivity index (χ4n) is 1.53. The van der Waals surface area contributed by atoms with E-state index < -0.39 is 0 Å². The fourth-order valence-corrected chi connectivity index (χ4v) is 1.53. The van der Waals surface area contributed by atoms with Gasteiger partial charge in [-0.2, -0.15) is 0 Å². The van der Waals surface area contributed by atoms with Crippen LogP contribution in [0.25, 0.3) is 0 Å². The summed E-state index contributed by atoms with van der Waals surface area (Å²) in [7, 11) is 2.24. The molecule has 0 bridgehead atoms. The van der Waals surface area contributed by atoms with Gasteiger partial charge in [0, 0.05) is 18.1 Å². The van der Waals surface area contributed by atoms with Gasteiger partial charge in [-0.3, -0.25) is 4.90 Å². The third-order valence-electron chi connectivity index (χ3n) is 3.57. The van der Waals surface area contributed by atoms with E-state index in [0.29, 0.717) is 11.6 Å². The van der Waals surface area contributed by atoms with Crippen LogP contribution >= 0.6 is 0 Å². The second-order valence-corrected chi connectivity index (χ2v) is 5.11. The summed E-state index contributed by atoms with van der Waals surface area (Å²) in [5, 5.41) is 3.60. The average Bonchev–Trinajstić information content (AvgIpc) is 2.23. The van der Waals surface area contributed by atoms with Gasteiger partial charge in [-0.05, 0) is 46.7 Å². The maximum Gasteiger partial charge on any atom is 0.0192 e. The Kier molecular flexibility index (Phi) is 7.20. The minimum Gasteiger partial charge on any atom is -0.313 e. The molecule has 0 fully saturated rings. The molecule has 0 aliphatic heterocycles. The summed E-state index contributed by atoms with van der Waals surface area (Å²) in [6, 6.07) is 0.640. The predicted octanol–water partition coefficient (Wildman–Crippen LogP) is 2.89. The van der Waals surface area contributed by atoms with Crippen molar-refractivity contribution >= 4 is 0 Å². The Bertz CT molecular complexity index is 155. The van der Waals surface area contributed by atoms with Gasteiger partial charge in [-0.15, -0.1) is 0 Å². The van der Waals surface area contributed by atoms with Gasteiger partial charge in [0.2, 0.25) is 0 Å². The van der Waals surface area contributed by atoms with Gasteiger partial charge in [-0.25, -0.2) is 0 Å². The van der Waals surface area contributed by atoms with E-state index in [9.17, 15) is 0 Å². The molecule has 15 heavy (non-hydrogen) atoms. The van der Waals surface area contributed by atoms with Crippen LogP contribution in [0.2, 0.25) is 0 Å². The summed E-state index contributed by atoms with van der Waals surface area (Å²) in [6.45, 7) is 13.7. The second-order valence-electron chi connectivity index (χ2n) is 5.11. The Hall–Kier alpha value is -0.0800. The van der Waals surface area contributed by atoms with Crippen LogP contribution in [0.4, 0.5) is 0 Å². The van der Waals surface area contributed by atoms with E-state index in [2.05, 4.69) is 51.9 Å². The molecule has 0 aromatic carbocycles. The summed E-state index contributed by atoms with van der Waals surface area (Å²) in [5.41, 5.74) is 0.321. The first-order valence-corrected chi connectivity index (χ1v) is 6.42. The van der Waals surface area contributed by atoms with E-state index in [4.69, 9.17) is 0 Å². The molecule has 2 heteroatoms. The minimum absolute atomic E-state index is 0.321. The van der Waals surface area contributed by atoms with Crippen molar-refractivity contribution in [3.05, 3.63) is 0 Å². The molecule has 0 aromatic rings. The van der Waals surface area contributed by atoms with Crippen molar-refractivity contribution in [2.75, 3.05) is 20.1 Å². The molecule has 1 N–H and O–H groups in total. The number of hydrogen-bond donors (Lipinski definition) is 1. The average molecular weight is 214 g/mol. The van der Waals surface area contributed by atoms with Crippen molar-refractivity contribution in [2.45, 2.75) is 65.5 Å². The molecule has 1 atom stereocenters. The predicted molar refractivity (Wildman–Crippen MR) is 69.4 cm³/mol. The molecule has 0 heterocycles. The van der Waals surface area contributed by atoms with Gasteiger partial charge in [0.25, 0.3) is 0 Å². The smallest absolute Gasteiger partial charge is 0.0192 e. The maximum atomic E-state index is 3.60. The SMILES string of the molecule is CCCNC(CC)CN(C)C(C)(C)CC. The molecule has 0 saturated carbocycles. The summed E-state index contributed by atoms with van der Waals surface area (Å²) in [4.78, 5) is 2.48. The molecular weight excluding hydrogens is 184 g/mol. The Morgan fingerprint density at radius 1 is 1.20 bits per heavy atom. The molecule has 0 amide bonds. The quantitative estimate of drug-likeness (QED) is 0.668. The zero-order chi connectivity index (χ0) is 11.9. The van der Waals surface area contributed by atoms with Crippen LogP contribution in [0.3, 0.4) is 0 Å². The van der Waals surface area contributed by atoms with E-state index in [0.717, 1.165) is 13.1 Å². The first kappa shape index (κ1) is 14.9. The van der Waals surface area contributed by atoms with Crippen molar-refractivity contribution < 1.29 is 0 Å². The molecule has 2 nitrogen and oxygen atoms in total. The van der Waals surface area contributed by atoms with Crippen LogP contribution in [-0.4, -0.2) is 36.6 Å². The van der Waals surface area contributed by atoms with E-state index >= 15 is 0 Å². The number of nitrogens with one attached hydrogen (secondary N) is 1. The van der Waals surface area contributed by atoms with Gasteiger partial charge < -0.3 is 5.32 Å². The van der Waals surface area contributed by atoms with Crippen LogP contribution in [0.15, 0.2) is 0 Å². The lowest BCUT2D eigenvalue weighted by Crippen LogP contribution is -2.48. The topological polar surface area (TPSA) is 15.3 Å². The molecule has 1 unspecified atom stereocenters. The van der Waals surface area contributed by atoms with E-state index in [1.54, 1.807) is 0 Å². The van der Waals surface area contributed by atoms with E-state index in [1.807, 2.05) is 0 Å². The zero-order valence-corrected chi connectivity index (χ0v) is 11.6. The minimum atomic E-state index is 0.321. The van der Waals surface area contributed by atoms with Crippen LogP contribution in [0.5, 0.6) is 0 Å². The summed E-state index contributed by atoms with van der Waals surface area (Å²) in [6.07, 6.45) is 3.63. The lowest BCUT2D eigenvalue weighted by atomic mass is 9.99. The van der Waals surface area contributed by atoms with Crippen molar-refractivity contribution in [3.63, 3.8) is 0 Å². The van der Waals surface area contributed by atoms with Gasteiger partial charge in [0.15, 0.2) is 0 Å². The third-order valence-corrected chi connectivity index (χ3v) is 3.57. The zero-order valence-electron chi connectivity index (χ0n) is 11.6. The first-order chi connectivity index (χ1) is 6.97. The van der Waals surface area contributed by atoms with Gasteiger partial charge >= 0.3 is 0 Å². The molecule has 92 valence electrons. The molecule has 0 saturated heterocycles. The fraction of sp³-hybridized carbons (Fsp3) is 1.00. The highest BCUT2D eigenvalue weighted by Gasteiger charge is 2.22. The van der Waals surface area contributed by atoms with Crippen molar-refractivity contribution in [3.8, 4) is 0 Å². The highest BCUT2D eigenvalue weighted by molar-refractivity contribution is 4.80. The van der Waals surface area contributed by atoms with Crippen LogP contribution in [-0.2, 0) is 0 Å². The molecule has 0 spiro atoms. The lowest BCUT2D eigenvalue weighted by molar-refractivity contribution is 0.134. The van der Waals surface area contributed by atoms with E-state index in [-0.39, 0.29) is 0 Å². The van der Waals surface area contributed by atoms with Crippen molar-refractivity contribution in [1.82, 2.24) is 10.2 Å². The van der Waals surface area contributed by atoms with Crippen LogP contribution in [0.1, 0.15) is 53.9 Å². The largest absolute Gasteiger partial charge is 0.313 e. The normalized spacial score (nSPS) is 14.6. The Labute approximate surface area is 96.4 Å². The van der Waals surface area contributed by atoms with Crippen molar-refractivity contribution in [1.29, 1.82) is 0 Å². The molecule has 0 radical (unpaired) electrons. The Balaban J connectivity index is 4.05. The van der Waals surface area contributed by atoms with Gasteiger partial charge in [0.05, 0.1) is 0 Å². The molecule has 0 aliphatic carbocycles. The van der Waals surface area contributed by atoms with Crippen LogP contribution < -0.4 is 5.32 Å². The summed E-state index contributed by atoms with van der Waals surface area (Å²) < 4.78 is 0. The highest BCUT2D eigenvalue weighted by Crippen LogP contribution is 2.16. The molecule has 0 aromatic heterocycles. The Morgan fingerprint density at radius 2 is 1.80 bits per heavy atom.